The van der Waals surface area contributed by atoms with E-state index in [0.29, 0.717) is 44.1 Å². The van der Waals surface area contributed by atoms with Crippen LogP contribution in [0.3, 0.4) is 0 Å². The zero-order valence-electron chi connectivity index (χ0n) is 54.8. The highest BCUT2D eigenvalue weighted by atomic mass is 16.8. The molecule has 41 atom stereocenters. The lowest BCUT2D eigenvalue weighted by Crippen LogP contribution is -2.68. The number of ether oxygens (including phenoxy) is 14. The van der Waals surface area contributed by atoms with Crippen LogP contribution in [0.4, 0.5) is 0 Å². The number of fused-ring (bicyclic) bond motifs is 3. The summed E-state index contributed by atoms with van der Waals surface area (Å²) in [6.07, 6.45) is -63.2. The van der Waals surface area contributed by atoms with Crippen molar-refractivity contribution in [1.29, 1.82) is 0 Å². The molecule has 0 aromatic carbocycles. The molecular formula is C62H100O38. The Morgan fingerprint density at radius 1 is 0.400 bits per heavy atom. The van der Waals surface area contributed by atoms with E-state index in [9.17, 15) is 117 Å². The summed E-state index contributed by atoms with van der Waals surface area (Å²) in [5.74, 6) is -1.62. The van der Waals surface area contributed by atoms with Crippen molar-refractivity contribution >= 4 is 5.97 Å². The van der Waals surface area contributed by atoms with Gasteiger partial charge in [-0.15, -0.1) is 0 Å². The van der Waals surface area contributed by atoms with Crippen LogP contribution in [0, 0.1) is 28.1 Å². The van der Waals surface area contributed by atoms with Crippen LogP contribution in [-0.4, -0.2) is 390 Å². The smallest absolute Gasteiger partial charge is 0.314 e. The second-order valence-corrected chi connectivity index (χ2v) is 29.3. The summed E-state index contributed by atoms with van der Waals surface area (Å²) in [6.45, 7) is 2.02. The van der Waals surface area contributed by atoms with Gasteiger partial charge in [-0.3, -0.25) is 4.79 Å². The first kappa shape index (κ1) is 78.8. The second-order valence-electron chi connectivity index (χ2n) is 29.3. The van der Waals surface area contributed by atoms with E-state index in [1.807, 2.05) is 0 Å². The molecule has 100 heavy (non-hydrogen) atoms. The molecular weight excluding hydrogens is 1350 g/mol. The van der Waals surface area contributed by atoms with E-state index in [1.54, 1.807) is 6.92 Å². The first-order chi connectivity index (χ1) is 47.3. The largest absolute Gasteiger partial charge is 0.432 e. The van der Waals surface area contributed by atoms with Crippen LogP contribution in [0.1, 0.15) is 71.6 Å². The maximum atomic E-state index is 15.6. The number of carbonyl (C=O) groups excluding carboxylic acids is 1. The molecule has 4 aliphatic carbocycles. The molecule has 0 amide bonds. The van der Waals surface area contributed by atoms with Gasteiger partial charge in [0.25, 0.3) is 0 Å². The molecule has 7 aliphatic heterocycles. The molecule has 11 rings (SSSR count). The summed E-state index contributed by atoms with van der Waals surface area (Å²) in [5.41, 5.74) is -3.50. The summed E-state index contributed by atoms with van der Waals surface area (Å²) >= 11 is 0. The number of esters is 1. The van der Waals surface area contributed by atoms with Gasteiger partial charge in [-0.25, -0.2) is 0 Å². The Hall–Kier alpha value is -2.23. The van der Waals surface area contributed by atoms with Crippen molar-refractivity contribution < 1.29 is 189 Å². The molecule has 1 spiro atoms. The molecule has 7 heterocycles. The molecule has 2 bridgehead atoms. The fourth-order valence-corrected chi connectivity index (χ4v) is 17.8. The molecule has 4 saturated carbocycles. The predicted molar refractivity (Wildman–Crippen MR) is 317 cm³/mol. The van der Waals surface area contributed by atoms with Gasteiger partial charge >= 0.3 is 5.97 Å². The van der Waals surface area contributed by atoms with E-state index in [2.05, 4.69) is 13.5 Å². The molecule has 38 heteroatoms. The number of aliphatic hydroxyl groups is 23. The van der Waals surface area contributed by atoms with Gasteiger partial charge in [0.1, 0.15) is 165 Å². The molecule has 0 unspecified atom stereocenters. The van der Waals surface area contributed by atoms with Crippen LogP contribution in [0.5, 0.6) is 0 Å². The van der Waals surface area contributed by atoms with Gasteiger partial charge < -0.3 is 184 Å². The van der Waals surface area contributed by atoms with E-state index in [0.717, 1.165) is 0 Å². The standard InChI is InChI=1S/C62H100O38/c1-20-11-61-9-5-28-59(2,29(61)6-10-62(20,19-61)100-57-50(98-54-45(84)40(79)33(72)24(15-66)91-54)48(36(75)26(17-68)93-57)96-53-44(83)39(78)32(71)23(14-65)90-53)7-4-8-60(28,3)58(86)99-56-49(47(35(74)25(16-67)92-56)95-52-43(82)38(77)31(70)22(13-64)89-52)97-55-46(85)41(80)34(73)27(94-55)18-87-51-42(81)37(76)30(69)21(12-63)88-51/h21-57,63-85H,1,4-19H2,2-3H3/t21-,22-,23-,24-,25-,26-,27-,28+,29+,30-,31-,32-,33-,34-,35-,36-,37+,38+,39+,40+,41+,42-,43-,44-,45-,46-,47+,48+,49-,50-,51-,52+,53+,54+,55+,56+,57+,59-,60-,61-,62+/m1/s1. The lowest BCUT2D eigenvalue weighted by Gasteiger charge is -2.64. The van der Waals surface area contributed by atoms with Gasteiger partial charge in [0.2, 0.25) is 6.29 Å². The number of hydrogen-bond donors (Lipinski definition) is 23. The highest BCUT2D eigenvalue weighted by Crippen LogP contribution is 2.74. The fraction of sp³-hybridized carbons (Fsp3) is 0.952. The van der Waals surface area contributed by atoms with Crippen molar-refractivity contribution in [1.82, 2.24) is 0 Å². The second kappa shape index (κ2) is 31.2. The maximum absolute atomic E-state index is 15.6. The third-order valence-corrected chi connectivity index (χ3v) is 23.4. The Kier molecular flexibility index (Phi) is 24.6. The SMILES string of the molecule is C=C1C[C@@]23CC[C@H]4[C@@](C)(CCC[C@@]4(C)C(=O)O[C@@H]4O[C@H](CO)[C@@H](O)[C@H](O[C@@H]5O[C@H](CO)[C@@H](O)[C@H](O)[C@H]5O)[C@H]4O[C@@H]4O[C@H](CO[C@@H]5O[C@H](CO)[C@@H](O)[C@H](O)[C@H]5O)[C@@H](O)[C@H](O)[C@H]4O)[C@@H]2CC[C@]1(O[C@@H]1O[C@H](CO)[C@@H](O)[C@H](O[C@@H]2O[C@H](CO)[C@@H](O)[C@H](O)[C@H]2O)[C@H]1O[C@@H]1O[C@H](CO)[C@@H](O)[C@H](O)[C@H]1O)C3. The molecule has 38 nitrogen and oxygen atoms in total. The molecule has 23 N–H and O–H groups in total. The van der Waals surface area contributed by atoms with Crippen LogP contribution in [0.2, 0.25) is 0 Å². The van der Waals surface area contributed by atoms with Gasteiger partial charge in [0.15, 0.2) is 43.8 Å². The number of hydrogen-bond acceptors (Lipinski definition) is 38. The molecule has 0 radical (unpaired) electrons. The topological polar surface area (TPSA) is 612 Å². The normalized spacial score (nSPS) is 54.5. The maximum Gasteiger partial charge on any atom is 0.314 e. The zero-order chi connectivity index (χ0) is 72.7. The summed E-state index contributed by atoms with van der Waals surface area (Å²) < 4.78 is 84.7. The van der Waals surface area contributed by atoms with Gasteiger partial charge in [-0.2, -0.15) is 0 Å². The van der Waals surface area contributed by atoms with E-state index < -0.39 is 295 Å². The van der Waals surface area contributed by atoms with Crippen molar-refractivity contribution in [3.05, 3.63) is 12.2 Å². The zero-order valence-corrected chi connectivity index (χ0v) is 54.8. The van der Waals surface area contributed by atoms with Crippen LogP contribution in [0.25, 0.3) is 0 Å². The van der Waals surface area contributed by atoms with Gasteiger partial charge in [-0.05, 0) is 86.5 Å². The molecule has 576 valence electrons. The Morgan fingerprint density at radius 2 is 0.750 bits per heavy atom. The summed E-state index contributed by atoms with van der Waals surface area (Å²) in [7, 11) is 0. The summed E-state index contributed by atoms with van der Waals surface area (Å²) in [4.78, 5) is 15.6. The lowest BCUT2D eigenvalue weighted by molar-refractivity contribution is -0.400. The summed E-state index contributed by atoms with van der Waals surface area (Å²) in [5, 5.41) is 249. The monoisotopic (exact) mass is 1450 g/mol. The first-order valence-corrected chi connectivity index (χ1v) is 33.9. The Morgan fingerprint density at radius 3 is 1.19 bits per heavy atom. The fourth-order valence-electron chi connectivity index (χ4n) is 17.8. The first-order valence-electron chi connectivity index (χ1n) is 33.9. The van der Waals surface area contributed by atoms with Crippen molar-refractivity contribution in [2.75, 3.05) is 46.2 Å². The minimum Gasteiger partial charge on any atom is -0.432 e. The summed E-state index contributed by atoms with van der Waals surface area (Å²) in [6, 6.07) is 0. The third-order valence-electron chi connectivity index (χ3n) is 23.4. The van der Waals surface area contributed by atoms with Crippen molar-refractivity contribution in [2.24, 2.45) is 28.1 Å². The number of carbonyl (C=O) groups is 1. The lowest BCUT2D eigenvalue weighted by atomic mass is 9.41. The average Bonchev–Trinajstić information content (AvgIpc) is 1.57. The number of aliphatic hydroxyl groups excluding tert-OH is 23. The van der Waals surface area contributed by atoms with Gasteiger partial charge in [0.05, 0.1) is 57.3 Å². The molecule has 11 fully saturated rings. The quantitative estimate of drug-likeness (QED) is 0.0288. The van der Waals surface area contributed by atoms with E-state index in [-0.39, 0.29) is 25.2 Å². The highest BCUT2D eigenvalue weighted by molar-refractivity contribution is 5.77. The van der Waals surface area contributed by atoms with E-state index in [4.69, 9.17) is 66.3 Å². The van der Waals surface area contributed by atoms with Crippen molar-refractivity contribution in [3.63, 3.8) is 0 Å². The Bertz CT molecular complexity index is 2720. The van der Waals surface area contributed by atoms with Gasteiger partial charge in [-0.1, -0.05) is 19.9 Å². The predicted octanol–water partition coefficient (Wildman–Crippen LogP) is -11.6. The van der Waals surface area contributed by atoms with E-state index in [1.165, 1.54) is 0 Å². The average molecular weight is 1450 g/mol. The van der Waals surface area contributed by atoms with Crippen LogP contribution < -0.4 is 0 Å². The van der Waals surface area contributed by atoms with Gasteiger partial charge in [0, 0.05) is 0 Å². The molecule has 0 aromatic heterocycles. The Labute approximate surface area is 571 Å². The van der Waals surface area contributed by atoms with Crippen LogP contribution >= 0.6 is 0 Å². The highest BCUT2D eigenvalue weighted by Gasteiger charge is 2.70. The third kappa shape index (κ3) is 14.1. The molecule has 11 aliphatic rings. The molecule has 7 saturated heterocycles. The number of rotatable bonds is 21. The van der Waals surface area contributed by atoms with Crippen molar-refractivity contribution in [2.45, 2.75) is 292 Å². The van der Waals surface area contributed by atoms with Crippen molar-refractivity contribution in [3.8, 4) is 0 Å². The Balaban J connectivity index is 0.860. The van der Waals surface area contributed by atoms with Crippen LogP contribution in [0.15, 0.2) is 12.2 Å². The molecule has 0 aromatic rings. The van der Waals surface area contributed by atoms with E-state index >= 15 is 4.79 Å². The van der Waals surface area contributed by atoms with Crippen LogP contribution in [-0.2, 0) is 71.1 Å². The minimum atomic E-state index is -2.23. The minimum absolute atomic E-state index is 0.204.